The largest absolute Gasteiger partial charge is 0.469 e. The van der Waals surface area contributed by atoms with Crippen molar-refractivity contribution in [1.82, 2.24) is 0 Å². The van der Waals surface area contributed by atoms with E-state index < -0.39 is 22.4 Å². The Labute approximate surface area is 142 Å². The van der Waals surface area contributed by atoms with Crippen LogP contribution in [0.3, 0.4) is 0 Å². The van der Waals surface area contributed by atoms with Crippen molar-refractivity contribution in [2.24, 2.45) is 11.8 Å². The molecule has 25 heavy (non-hydrogen) atoms. The van der Waals surface area contributed by atoms with Gasteiger partial charge in [0, 0.05) is 12.6 Å². The van der Waals surface area contributed by atoms with E-state index >= 15 is 0 Å². The average molecular weight is 360 g/mol. The number of anilines is 1. The third-order valence-electron chi connectivity index (χ3n) is 4.48. The second kappa shape index (κ2) is 7.71. The molecule has 0 bridgehead atoms. The molecule has 1 saturated carbocycles. The van der Waals surface area contributed by atoms with E-state index in [1.807, 2.05) is 0 Å². The Morgan fingerprint density at radius 3 is 2.48 bits per heavy atom. The molecule has 0 amide bonds. The fraction of sp³-hybridized carbons (Fsp3) is 0.562. The third kappa shape index (κ3) is 4.83. The Morgan fingerprint density at radius 2 is 1.96 bits per heavy atom. The highest BCUT2D eigenvalue weighted by Crippen LogP contribution is 2.36. The van der Waals surface area contributed by atoms with Crippen molar-refractivity contribution < 1.29 is 27.6 Å². The lowest BCUT2D eigenvalue weighted by atomic mass is 9.82. The van der Waals surface area contributed by atoms with Crippen LogP contribution in [-0.4, -0.2) is 24.5 Å². The predicted octanol–water partition coefficient (Wildman–Crippen LogP) is 4.00. The smallest absolute Gasteiger partial charge is 0.416 e. The minimum Gasteiger partial charge on any atom is -0.469 e. The molecular weight excluding hydrogens is 341 g/mol. The summed E-state index contributed by atoms with van der Waals surface area (Å²) in [6.07, 6.45) is -1.86. The van der Waals surface area contributed by atoms with Crippen molar-refractivity contribution in [3.05, 3.63) is 33.9 Å². The number of carbonyl (C=O) groups excluding carboxylic acids is 1. The number of nitro benzene ring substituents is 1. The summed E-state index contributed by atoms with van der Waals surface area (Å²) in [6, 6.07) is 2.32. The van der Waals surface area contributed by atoms with Crippen molar-refractivity contribution in [1.29, 1.82) is 0 Å². The van der Waals surface area contributed by atoms with E-state index in [0.717, 1.165) is 12.1 Å². The normalized spacial score (nSPS) is 20.8. The summed E-state index contributed by atoms with van der Waals surface area (Å²) in [5.74, 6) is -0.265. The van der Waals surface area contributed by atoms with E-state index in [1.54, 1.807) is 0 Å². The van der Waals surface area contributed by atoms with Crippen molar-refractivity contribution in [2.75, 3.05) is 19.0 Å². The summed E-state index contributed by atoms with van der Waals surface area (Å²) in [5.41, 5.74) is -1.47. The molecule has 0 heterocycles. The summed E-state index contributed by atoms with van der Waals surface area (Å²) < 4.78 is 43.1. The Balaban J connectivity index is 2.02. The molecule has 0 atom stereocenters. The summed E-state index contributed by atoms with van der Waals surface area (Å²) in [4.78, 5) is 21.8. The van der Waals surface area contributed by atoms with Gasteiger partial charge in [-0.1, -0.05) is 0 Å². The molecule has 9 heteroatoms. The zero-order valence-electron chi connectivity index (χ0n) is 13.6. The van der Waals surface area contributed by atoms with Gasteiger partial charge in [-0.25, -0.2) is 0 Å². The van der Waals surface area contributed by atoms with E-state index in [2.05, 4.69) is 5.32 Å². The fourth-order valence-electron chi connectivity index (χ4n) is 3.04. The van der Waals surface area contributed by atoms with Crippen molar-refractivity contribution in [3.63, 3.8) is 0 Å². The van der Waals surface area contributed by atoms with Crippen molar-refractivity contribution in [2.45, 2.75) is 31.9 Å². The van der Waals surface area contributed by atoms with Gasteiger partial charge in [0.1, 0.15) is 5.69 Å². The number of ether oxygens (including phenoxy) is 1. The number of halogens is 3. The molecule has 1 aliphatic carbocycles. The number of nitrogens with zero attached hydrogens (tertiary/aromatic N) is 1. The van der Waals surface area contributed by atoms with E-state index in [1.165, 1.54) is 7.11 Å². The van der Waals surface area contributed by atoms with Crippen molar-refractivity contribution in [3.8, 4) is 0 Å². The number of rotatable bonds is 5. The lowest BCUT2D eigenvalue weighted by Gasteiger charge is -2.27. The lowest BCUT2D eigenvalue weighted by molar-refractivity contribution is -0.384. The van der Waals surface area contributed by atoms with Gasteiger partial charge in [0.05, 0.1) is 23.5 Å². The number of benzene rings is 1. The second-order valence-electron chi connectivity index (χ2n) is 6.11. The summed E-state index contributed by atoms with van der Waals surface area (Å²) in [7, 11) is 1.34. The van der Waals surface area contributed by atoms with Gasteiger partial charge in [-0.2, -0.15) is 13.2 Å². The molecule has 138 valence electrons. The molecule has 0 spiro atoms. The van der Waals surface area contributed by atoms with Crippen LogP contribution in [0.15, 0.2) is 18.2 Å². The molecule has 1 aliphatic rings. The first kappa shape index (κ1) is 19.0. The molecule has 0 saturated heterocycles. The molecule has 1 aromatic rings. The van der Waals surface area contributed by atoms with Crippen LogP contribution in [-0.2, 0) is 15.7 Å². The Hall–Kier alpha value is -2.32. The maximum atomic E-state index is 12.8. The Kier molecular flexibility index (Phi) is 5.86. The first-order valence-electron chi connectivity index (χ1n) is 7.89. The molecule has 1 aromatic carbocycles. The van der Waals surface area contributed by atoms with Crippen LogP contribution in [0.25, 0.3) is 0 Å². The first-order chi connectivity index (χ1) is 11.7. The standard InChI is InChI=1S/C16H19F3N2O4/c1-25-15(22)11-4-2-10(3-5-11)9-20-13-8-12(16(17,18)19)6-7-14(13)21(23)24/h6-8,10-11,20H,2-5,9H2,1H3. The maximum Gasteiger partial charge on any atom is 0.416 e. The van der Waals surface area contributed by atoms with Crippen LogP contribution in [0, 0.1) is 22.0 Å². The van der Waals surface area contributed by atoms with Crippen LogP contribution in [0.2, 0.25) is 0 Å². The van der Waals surface area contributed by atoms with Gasteiger partial charge in [-0.15, -0.1) is 0 Å². The van der Waals surface area contributed by atoms with Crippen LogP contribution >= 0.6 is 0 Å². The van der Waals surface area contributed by atoms with Gasteiger partial charge in [0.15, 0.2) is 0 Å². The van der Waals surface area contributed by atoms with Gasteiger partial charge in [0.25, 0.3) is 5.69 Å². The second-order valence-corrected chi connectivity index (χ2v) is 6.11. The lowest BCUT2D eigenvalue weighted by Crippen LogP contribution is -2.26. The number of carbonyl (C=O) groups is 1. The minimum atomic E-state index is -4.57. The van der Waals surface area contributed by atoms with E-state index in [4.69, 9.17) is 4.74 Å². The number of nitrogens with one attached hydrogen (secondary N) is 1. The average Bonchev–Trinajstić information content (AvgIpc) is 2.58. The van der Waals surface area contributed by atoms with Crippen LogP contribution < -0.4 is 5.32 Å². The topological polar surface area (TPSA) is 81.5 Å². The molecule has 0 radical (unpaired) electrons. The molecule has 1 fully saturated rings. The first-order valence-corrected chi connectivity index (χ1v) is 7.89. The highest BCUT2D eigenvalue weighted by atomic mass is 19.4. The minimum absolute atomic E-state index is 0.134. The Bertz CT molecular complexity index is 641. The van der Waals surface area contributed by atoms with E-state index in [-0.39, 0.29) is 23.5 Å². The number of alkyl halides is 3. The number of nitro groups is 1. The molecule has 0 aliphatic heterocycles. The number of hydrogen-bond acceptors (Lipinski definition) is 5. The highest BCUT2D eigenvalue weighted by molar-refractivity contribution is 5.72. The van der Waals surface area contributed by atoms with Gasteiger partial charge < -0.3 is 10.1 Å². The molecule has 2 rings (SSSR count). The fourth-order valence-corrected chi connectivity index (χ4v) is 3.04. The molecule has 0 aromatic heterocycles. The molecule has 1 N–H and O–H groups in total. The third-order valence-corrected chi connectivity index (χ3v) is 4.48. The summed E-state index contributed by atoms with van der Waals surface area (Å²) in [6.45, 7) is 0.316. The van der Waals surface area contributed by atoms with Crippen LogP contribution in [0.1, 0.15) is 31.2 Å². The molecular formula is C16H19F3N2O4. The van der Waals surface area contributed by atoms with Crippen LogP contribution in [0.5, 0.6) is 0 Å². The maximum absolute atomic E-state index is 12.8. The number of hydrogen-bond donors (Lipinski definition) is 1. The number of methoxy groups -OCH3 is 1. The highest BCUT2D eigenvalue weighted by Gasteiger charge is 2.33. The predicted molar refractivity (Wildman–Crippen MR) is 84.1 cm³/mol. The zero-order valence-corrected chi connectivity index (χ0v) is 13.6. The van der Waals surface area contributed by atoms with Gasteiger partial charge in [0.2, 0.25) is 0 Å². The SMILES string of the molecule is COC(=O)C1CCC(CNc2cc(C(F)(F)F)ccc2[N+](=O)[O-])CC1. The van der Waals surface area contributed by atoms with Crippen molar-refractivity contribution >= 4 is 17.3 Å². The quantitative estimate of drug-likeness (QED) is 0.487. The Morgan fingerprint density at radius 1 is 1.32 bits per heavy atom. The van der Waals surface area contributed by atoms with E-state index in [9.17, 15) is 28.1 Å². The van der Waals surface area contributed by atoms with Gasteiger partial charge in [-0.05, 0) is 43.7 Å². The van der Waals surface area contributed by atoms with Gasteiger partial charge in [-0.3, -0.25) is 14.9 Å². The molecule has 0 unspecified atom stereocenters. The van der Waals surface area contributed by atoms with Gasteiger partial charge >= 0.3 is 12.1 Å². The van der Waals surface area contributed by atoms with E-state index in [0.29, 0.717) is 38.3 Å². The molecule has 6 nitrogen and oxygen atoms in total. The summed E-state index contributed by atoms with van der Waals surface area (Å²) >= 11 is 0. The summed E-state index contributed by atoms with van der Waals surface area (Å²) in [5, 5.41) is 13.8. The van der Waals surface area contributed by atoms with Crippen LogP contribution in [0.4, 0.5) is 24.5 Å². The monoisotopic (exact) mass is 360 g/mol. The number of esters is 1. The zero-order chi connectivity index (χ0) is 18.6.